The maximum absolute atomic E-state index is 13.7. The van der Waals surface area contributed by atoms with E-state index in [4.69, 9.17) is 0 Å². The van der Waals surface area contributed by atoms with E-state index < -0.39 is 5.95 Å². The topological polar surface area (TPSA) is 45.2 Å². The van der Waals surface area contributed by atoms with Crippen molar-refractivity contribution in [3.63, 3.8) is 0 Å². The van der Waals surface area contributed by atoms with E-state index in [1.54, 1.807) is 6.07 Å². The molecule has 1 aromatic heterocycles. The second-order valence-electron chi connectivity index (χ2n) is 8.47. The van der Waals surface area contributed by atoms with E-state index in [1.165, 1.54) is 12.3 Å². The Morgan fingerprint density at radius 1 is 1.30 bits per heavy atom. The average molecular weight is 321 g/mol. The minimum Gasteiger partial charge on any atom is -0.321 e. The van der Waals surface area contributed by atoms with Crippen LogP contribution in [-0.2, 0) is 4.79 Å². The third kappa shape index (κ3) is 4.08. The van der Waals surface area contributed by atoms with Crippen LogP contribution in [0.5, 0.6) is 0 Å². The Morgan fingerprint density at radius 3 is 2.48 bits per heavy atom. The Kier molecular flexibility index (Phi) is 4.81. The van der Waals surface area contributed by atoms with Gasteiger partial charge in [-0.1, -0.05) is 20.8 Å². The van der Waals surface area contributed by atoms with Gasteiger partial charge in [-0.2, -0.15) is 4.39 Å². The Labute approximate surface area is 138 Å². The molecular formula is C18H28FN3O. The summed E-state index contributed by atoms with van der Waals surface area (Å²) in [6.45, 7) is 13.8. The van der Waals surface area contributed by atoms with E-state index in [0.29, 0.717) is 5.92 Å². The molecule has 1 N–H and O–H groups in total. The van der Waals surface area contributed by atoms with Crippen LogP contribution in [0.3, 0.4) is 0 Å². The molecule has 128 valence electrons. The number of pyridine rings is 1. The van der Waals surface area contributed by atoms with Gasteiger partial charge in [0.15, 0.2) is 0 Å². The highest BCUT2D eigenvalue weighted by Crippen LogP contribution is 2.40. The lowest BCUT2D eigenvalue weighted by molar-refractivity contribution is -0.122. The molecule has 1 fully saturated rings. The van der Waals surface area contributed by atoms with E-state index in [9.17, 15) is 9.18 Å². The first-order valence-electron chi connectivity index (χ1n) is 8.18. The monoisotopic (exact) mass is 321 g/mol. The number of hydrogen-bond donors (Lipinski definition) is 1. The fourth-order valence-corrected chi connectivity index (χ4v) is 3.15. The van der Waals surface area contributed by atoms with Crippen LogP contribution in [-0.4, -0.2) is 33.9 Å². The predicted octanol–water partition coefficient (Wildman–Crippen LogP) is 3.69. The fourth-order valence-electron chi connectivity index (χ4n) is 3.15. The van der Waals surface area contributed by atoms with E-state index >= 15 is 0 Å². The van der Waals surface area contributed by atoms with Gasteiger partial charge in [-0.3, -0.25) is 9.69 Å². The second-order valence-corrected chi connectivity index (χ2v) is 8.47. The van der Waals surface area contributed by atoms with Gasteiger partial charge in [0.25, 0.3) is 0 Å². The van der Waals surface area contributed by atoms with Crippen molar-refractivity contribution in [2.75, 3.05) is 11.9 Å². The lowest BCUT2D eigenvalue weighted by Crippen LogP contribution is -2.49. The fraction of sp³-hybridized carbons (Fsp3) is 0.667. The molecule has 5 heteroatoms. The first kappa shape index (κ1) is 17.9. The molecule has 1 saturated heterocycles. The van der Waals surface area contributed by atoms with Crippen molar-refractivity contribution in [3.8, 4) is 0 Å². The normalized spacial score (nSPS) is 23.1. The summed E-state index contributed by atoms with van der Waals surface area (Å²) in [6.07, 6.45) is 2.16. The number of anilines is 1. The summed E-state index contributed by atoms with van der Waals surface area (Å²) < 4.78 is 13.7. The number of nitrogens with one attached hydrogen (secondary N) is 1. The SMILES string of the molecule is CC(C)(C)C1C[C@@H](C(=O)Nc2cccnc2F)N(C(C)(C)C)C1. The highest BCUT2D eigenvalue weighted by Gasteiger charge is 2.45. The van der Waals surface area contributed by atoms with Crippen LogP contribution in [0.15, 0.2) is 18.3 Å². The van der Waals surface area contributed by atoms with Crippen molar-refractivity contribution in [1.82, 2.24) is 9.88 Å². The summed E-state index contributed by atoms with van der Waals surface area (Å²) in [6, 6.07) is 2.91. The number of nitrogens with zero attached hydrogens (tertiary/aromatic N) is 2. The van der Waals surface area contributed by atoms with Crippen molar-refractivity contribution >= 4 is 11.6 Å². The van der Waals surface area contributed by atoms with E-state index in [1.807, 2.05) is 0 Å². The van der Waals surface area contributed by atoms with Crippen molar-refractivity contribution in [3.05, 3.63) is 24.3 Å². The molecule has 0 aliphatic carbocycles. The summed E-state index contributed by atoms with van der Waals surface area (Å²) in [5.74, 6) is -0.372. The van der Waals surface area contributed by atoms with Gasteiger partial charge in [0.05, 0.1) is 11.7 Å². The van der Waals surface area contributed by atoms with E-state index in [0.717, 1.165) is 13.0 Å². The Morgan fingerprint density at radius 2 is 1.96 bits per heavy atom. The number of hydrogen-bond acceptors (Lipinski definition) is 3. The summed E-state index contributed by atoms with van der Waals surface area (Å²) in [4.78, 5) is 18.6. The van der Waals surface area contributed by atoms with Crippen molar-refractivity contribution in [1.29, 1.82) is 0 Å². The van der Waals surface area contributed by atoms with Crippen molar-refractivity contribution in [2.45, 2.75) is 59.5 Å². The molecule has 1 aromatic rings. The first-order chi connectivity index (χ1) is 10.5. The maximum atomic E-state index is 13.7. The van der Waals surface area contributed by atoms with Crippen LogP contribution in [0.2, 0.25) is 0 Å². The Bertz CT molecular complexity index is 574. The first-order valence-corrected chi connectivity index (χ1v) is 8.18. The van der Waals surface area contributed by atoms with Gasteiger partial charge >= 0.3 is 0 Å². The molecule has 2 heterocycles. The van der Waals surface area contributed by atoms with Crippen LogP contribution in [0.1, 0.15) is 48.0 Å². The number of amides is 1. The molecule has 0 aromatic carbocycles. The number of halogens is 1. The molecule has 1 aliphatic rings. The number of aromatic nitrogens is 1. The zero-order chi connectivity index (χ0) is 17.4. The standard InChI is InChI=1S/C18H28FN3O/c1-17(2,3)12-10-14(22(11-12)18(4,5)6)16(23)21-13-8-7-9-20-15(13)19/h7-9,12,14H,10-11H2,1-6H3,(H,21,23)/t12?,14-/m0/s1. The van der Waals surface area contributed by atoms with Crippen molar-refractivity contribution < 1.29 is 9.18 Å². The van der Waals surface area contributed by atoms with Gasteiger partial charge in [-0.15, -0.1) is 0 Å². The molecule has 0 saturated carbocycles. The Hall–Kier alpha value is -1.49. The molecule has 0 radical (unpaired) electrons. The second kappa shape index (κ2) is 6.19. The highest BCUT2D eigenvalue weighted by molar-refractivity contribution is 5.95. The smallest absolute Gasteiger partial charge is 0.241 e. The predicted molar refractivity (Wildman–Crippen MR) is 90.6 cm³/mol. The molecule has 1 amide bonds. The van der Waals surface area contributed by atoms with Gasteiger partial charge in [-0.25, -0.2) is 4.98 Å². The number of rotatable bonds is 2. The largest absolute Gasteiger partial charge is 0.321 e. The number of carbonyl (C=O) groups excluding carboxylic acids is 1. The third-order valence-electron chi connectivity index (χ3n) is 4.71. The molecular weight excluding hydrogens is 293 g/mol. The maximum Gasteiger partial charge on any atom is 0.241 e. The minimum atomic E-state index is -0.645. The molecule has 2 rings (SSSR count). The van der Waals surface area contributed by atoms with Crippen LogP contribution < -0.4 is 5.32 Å². The zero-order valence-corrected chi connectivity index (χ0v) is 15.0. The minimum absolute atomic E-state index is 0.116. The van der Waals surface area contributed by atoms with Crippen LogP contribution in [0.25, 0.3) is 0 Å². The van der Waals surface area contributed by atoms with E-state index in [2.05, 4.69) is 56.7 Å². The molecule has 0 bridgehead atoms. The molecule has 1 unspecified atom stereocenters. The molecule has 1 aliphatic heterocycles. The quantitative estimate of drug-likeness (QED) is 0.845. The zero-order valence-electron chi connectivity index (χ0n) is 15.0. The van der Waals surface area contributed by atoms with Crippen molar-refractivity contribution in [2.24, 2.45) is 11.3 Å². The third-order valence-corrected chi connectivity index (χ3v) is 4.71. The summed E-state index contributed by atoms with van der Waals surface area (Å²) in [7, 11) is 0. The molecule has 2 atom stereocenters. The number of likely N-dealkylation sites (tertiary alicyclic amines) is 1. The summed E-state index contributed by atoms with van der Waals surface area (Å²) >= 11 is 0. The van der Waals surface area contributed by atoms with Crippen LogP contribution in [0.4, 0.5) is 10.1 Å². The molecule has 0 spiro atoms. The van der Waals surface area contributed by atoms with Crippen LogP contribution in [0, 0.1) is 17.3 Å². The average Bonchev–Trinajstić information content (AvgIpc) is 2.86. The lowest BCUT2D eigenvalue weighted by Gasteiger charge is -2.36. The summed E-state index contributed by atoms with van der Waals surface area (Å²) in [5.41, 5.74) is 0.165. The van der Waals surface area contributed by atoms with Gasteiger partial charge in [0.2, 0.25) is 11.9 Å². The van der Waals surface area contributed by atoms with E-state index in [-0.39, 0.29) is 28.6 Å². The number of carbonyl (C=O) groups is 1. The van der Waals surface area contributed by atoms with Crippen LogP contribution >= 0.6 is 0 Å². The summed E-state index contributed by atoms with van der Waals surface area (Å²) in [5, 5.41) is 2.71. The van der Waals surface area contributed by atoms with Gasteiger partial charge in [-0.05, 0) is 50.7 Å². The highest BCUT2D eigenvalue weighted by atomic mass is 19.1. The lowest BCUT2D eigenvalue weighted by atomic mass is 9.79. The Balaban J connectivity index is 2.21. The molecule has 4 nitrogen and oxygen atoms in total. The van der Waals surface area contributed by atoms with Gasteiger partial charge < -0.3 is 5.32 Å². The van der Waals surface area contributed by atoms with Gasteiger partial charge in [0, 0.05) is 18.3 Å². The molecule has 23 heavy (non-hydrogen) atoms. The van der Waals surface area contributed by atoms with Gasteiger partial charge in [0.1, 0.15) is 0 Å².